The Morgan fingerprint density at radius 1 is 0.931 bits per heavy atom. The Morgan fingerprint density at radius 2 is 1.66 bits per heavy atom. The molecule has 0 saturated heterocycles. The van der Waals surface area contributed by atoms with E-state index in [1.165, 1.54) is 6.07 Å². The van der Waals surface area contributed by atoms with E-state index < -0.39 is 10.0 Å². The van der Waals surface area contributed by atoms with Crippen molar-refractivity contribution in [2.75, 3.05) is 17.9 Å². The van der Waals surface area contributed by atoms with Gasteiger partial charge in [0.25, 0.3) is 15.9 Å². The van der Waals surface area contributed by atoms with Gasteiger partial charge in [0.2, 0.25) is 0 Å². The van der Waals surface area contributed by atoms with Gasteiger partial charge >= 0.3 is 0 Å². The number of hydrogen-bond acceptors (Lipinski definition) is 4. The van der Waals surface area contributed by atoms with Crippen LogP contribution in [0.25, 0.3) is 0 Å². The first kappa shape index (κ1) is 20.4. The number of carbonyl (C=O) groups excluding carboxylic acids is 1. The number of amides is 1. The molecule has 7 heteroatoms. The first-order chi connectivity index (χ1) is 13.9. The molecule has 0 saturated carbocycles. The highest BCUT2D eigenvalue weighted by atomic mass is 32.2. The lowest BCUT2D eigenvalue weighted by Crippen LogP contribution is -2.28. The molecule has 0 atom stereocenters. The van der Waals surface area contributed by atoms with Crippen molar-refractivity contribution in [2.45, 2.75) is 11.8 Å². The molecule has 0 aliphatic carbocycles. The van der Waals surface area contributed by atoms with Gasteiger partial charge in [-0.2, -0.15) is 0 Å². The summed E-state index contributed by atoms with van der Waals surface area (Å²) in [5.74, 6) is 0.423. The minimum atomic E-state index is -3.73. The van der Waals surface area contributed by atoms with E-state index in [1.807, 2.05) is 37.3 Å². The van der Waals surface area contributed by atoms with Crippen LogP contribution in [0.2, 0.25) is 0 Å². The third-order valence-electron chi connectivity index (χ3n) is 4.11. The normalized spacial score (nSPS) is 10.9. The van der Waals surface area contributed by atoms with Crippen molar-refractivity contribution >= 4 is 21.6 Å². The molecule has 3 aromatic carbocycles. The molecule has 3 aromatic rings. The predicted molar refractivity (Wildman–Crippen MR) is 113 cm³/mol. The minimum Gasteiger partial charge on any atom is -0.492 e. The Kier molecular flexibility index (Phi) is 6.51. The van der Waals surface area contributed by atoms with Gasteiger partial charge in [-0.25, -0.2) is 8.42 Å². The standard InChI is InChI=1S/C22H22N2O4S/c1-17-10-12-21(13-11-17)29(26,27)24-19-7-5-6-18(16-19)22(25)23-14-15-28-20-8-3-2-4-9-20/h2-13,16,24H,14-15H2,1H3,(H,23,25). The van der Waals surface area contributed by atoms with Crippen molar-refractivity contribution in [2.24, 2.45) is 0 Å². The molecule has 1 amide bonds. The Hall–Kier alpha value is -3.32. The van der Waals surface area contributed by atoms with Crippen LogP contribution in [0.1, 0.15) is 15.9 Å². The van der Waals surface area contributed by atoms with E-state index in [1.54, 1.807) is 42.5 Å². The van der Waals surface area contributed by atoms with Crippen LogP contribution in [0.15, 0.2) is 83.8 Å². The molecular formula is C22H22N2O4S. The van der Waals surface area contributed by atoms with Crippen LogP contribution >= 0.6 is 0 Å². The highest BCUT2D eigenvalue weighted by Gasteiger charge is 2.15. The average molecular weight is 410 g/mol. The van der Waals surface area contributed by atoms with Crippen LogP contribution in [0.5, 0.6) is 5.75 Å². The maximum absolute atomic E-state index is 12.5. The summed E-state index contributed by atoms with van der Waals surface area (Å²) < 4.78 is 33.1. The molecule has 0 unspecified atom stereocenters. The van der Waals surface area contributed by atoms with Crippen LogP contribution in [0, 0.1) is 6.92 Å². The SMILES string of the molecule is Cc1ccc(S(=O)(=O)Nc2cccc(C(=O)NCCOc3ccccc3)c2)cc1. The highest BCUT2D eigenvalue weighted by molar-refractivity contribution is 7.92. The van der Waals surface area contributed by atoms with Gasteiger partial charge in [-0.15, -0.1) is 0 Å². The van der Waals surface area contributed by atoms with E-state index in [4.69, 9.17) is 4.74 Å². The molecule has 0 aromatic heterocycles. The lowest BCUT2D eigenvalue weighted by Gasteiger charge is -2.11. The topological polar surface area (TPSA) is 84.5 Å². The number of anilines is 1. The van der Waals surface area contributed by atoms with E-state index >= 15 is 0 Å². The lowest BCUT2D eigenvalue weighted by molar-refractivity contribution is 0.0947. The maximum Gasteiger partial charge on any atom is 0.261 e. The second kappa shape index (κ2) is 9.25. The fourth-order valence-electron chi connectivity index (χ4n) is 2.61. The third-order valence-corrected chi connectivity index (χ3v) is 5.51. The number of hydrogen-bond donors (Lipinski definition) is 2. The van der Waals surface area contributed by atoms with Gasteiger partial charge in [0.15, 0.2) is 0 Å². The van der Waals surface area contributed by atoms with E-state index in [2.05, 4.69) is 10.0 Å². The minimum absolute atomic E-state index is 0.163. The summed E-state index contributed by atoms with van der Waals surface area (Å²) in [6.45, 7) is 2.54. The van der Waals surface area contributed by atoms with Crippen LogP contribution in [0.4, 0.5) is 5.69 Å². The highest BCUT2D eigenvalue weighted by Crippen LogP contribution is 2.18. The number of ether oxygens (including phenoxy) is 1. The Morgan fingerprint density at radius 3 is 2.38 bits per heavy atom. The number of benzene rings is 3. The molecule has 2 N–H and O–H groups in total. The molecule has 29 heavy (non-hydrogen) atoms. The maximum atomic E-state index is 12.5. The Balaban J connectivity index is 1.58. The fourth-order valence-corrected chi connectivity index (χ4v) is 3.66. The fraction of sp³-hybridized carbons (Fsp3) is 0.136. The second-order valence-corrected chi connectivity index (χ2v) is 8.10. The number of rotatable bonds is 8. The smallest absolute Gasteiger partial charge is 0.261 e. The van der Waals surface area contributed by atoms with E-state index in [0.717, 1.165) is 11.3 Å². The van der Waals surface area contributed by atoms with Gasteiger partial charge < -0.3 is 10.1 Å². The van der Waals surface area contributed by atoms with Crippen molar-refractivity contribution in [3.63, 3.8) is 0 Å². The Labute approximate surface area is 170 Å². The quantitative estimate of drug-likeness (QED) is 0.556. The first-order valence-electron chi connectivity index (χ1n) is 9.10. The number of carbonyl (C=O) groups is 1. The van der Waals surface area contributed by atoms with Crippen molar-refractivity contribution in [1.82, 2.24) is 5.32 Å². The first-order valence-corrected chi connectivity index (χ1v) is 10.6. The van der Waals surface area contributed by atoms with Crippen molar-refractivity contribution in [3.05, 3.63) is 90.0 Å². The summed E-state index contributed by atoms with van der Waals surface area (Å²) in [6, 6.07) is 22.2. The molecule has 0 fully saturated rings. The number of sulfonamides is 1. The van der Waals surface area contributed by atoms with Crippen molar-refractivity contribution in [3.8, 4) is 5.75 Å². The van der Waals surface area contributed by atoms with Crippen LogP contribution in [-0.2, 0) is 10.0 Å². The van der Waals surface area contributed by atoms with Gasteiger partial charge in [0, 0.05) is 11.3 Å². The van der Waals surface area contributed by atoms with Gasteiger partial charge in [-0.1, -0.05) is 42.0 Å². The molecule has 0 spiro atoms. The van der Waals surface area contributed by atoms with Crippen molar-refractivity contribution < 1.29 is 17.9 Å². The average Bonchev–Trinajstić information content (AvgIpc) is 2.72. The summed E-state index contributed by atoms with van der Waals surface area (Å²) in [7, 11) is -3.73. The molecule has 0 radical (unpaired) electrons. The molecule has 0 aliphatic heterocycles. The zero-order valence-electron chi connectivity index (χ0n) is 16.0. The van der Waals surface area contributed by atoms with Crippen LogP contribution in [-0.4, -0.2) is 27.5 Å². The van der Waals surface area contributed by atoms with Gasteiger partial charge in [0.05, 0.1) is 11.4 Å². The largest absolute Gasteiger partial charge is 0.492 e. The lowest BCUT2D eigenvalue weighted by atomic mass is 10.2. The molecule has 3 rings (SSSR count). The second-order valence-electron chi connectivity index (χ2n) is 6.42. The summed E-state index contributed by atoms with van der Waals surface area (Å²) in [5, 5.41) is 2.76. The number of aryl methyl sites for hydroxylation is 1. The van der Waals surface area contributed by atoms with Gasteiger partial charge in [-0.05, 0) is 49.4 Å². The van der Waals surface area contributed by atoms with E-state index in [-0.39, 0.29) is 10.8 Å². The third kappa shape index (κ3) is 5.83. The molecule has 0 aliphatic rings. The summed E-state index contributed by atoms with van der Waals surface area (Å²) in [6.07, 6.45) is 0. The molecule has 6 nitrogen and oxygen atoms in total. The van der Waals surface area contributed by atoms with Gasteiger partial charge in [-0.3, -0.25) is 9.52 Å². The summed E-state index contributed by atoms with van der Waals surface area (Å²) in [4.78, 5) is 12.5. The summed E-state index contributed by atoms with van der Waals surface area (Å²) in [5.41, 5.74) is 1.64. The molecule has 0 bridgehead atoms. The van der Waals surface area contributed by atoms with E-state index in [9.17, 15) is 13.2 Å². The monoisotopic (exact) mass is 410 g/mol. The zero-order valence-corrected chi connectivity index (χ0v) is 16.8. The van der Waals surface area contributed by atoms with Gasteiger partial charge in [0.1, 0.15) is 12.4 Å². The van der Waals surface area contributed by atoms with Crippen molar-refractivity contribution in [1.29, 1.82) is 0 Å². The van der Waals surface area contributed by atoms with E-state index in [0.29, 0.717) is 24.4 Å². The number of para-hydroxylation sites is 1. The molecular weight excluding hydrogens is 388 g/mol. The summed E-state index contributed by atoms with van der Waals surface area (Å²) >= 11 is 0. The molecule has 150 valence electrons. The van der Waals surface area contributed by atoms with Crippen LogP contribution < -0.4 is 14.8 Å². The molecule has 0 heterocycles. The Bertz CT molecular complexity index is 1070. The predicted octanol–water partition coefficient (Wildman–Crippen LogP) is 3.60. The zero-order chi connectivity index (χ0) is 20.7. The van der Waals surface area contributed by atoms with Crippen LogP contribution in [0.3, 0.4) is 0 Å². The number of nitrogens with one attached hydrogen (secondary N) is 2.